The molecule has 0 unspecified atom stereocenters. The van der Waals surface area contributed by atoms with Crippen molar-refractivity contribution >= 4 is 21.8 Å². The van der Waals surface area contributed by atoms with E-state index in [2.05, 4.69) is 4.72 Å². The molecular formula is C15H17NO3S2. The molecule has 4 nitrogen and oxygen atoms in total. The van der Waals surface area contributed by atoms with E-state index in [1.165, 1.54) is 11.8 Å². The smallest absolute Gasteiger partial charge is 0.241 e. The Morgan fingerprint density at radius 1 is 1.14 bits per heavy atom. The van der Waals surface area contributed by atoms with E-state index in [1.54, 1.807) is 42.5 Å². The molecule has 2 aromatic rings. The number of nitrogens with one attached hydrogen (secondary N) is 1. The summed E-state index contributed by atoms with van der Waals surface area (Å²) in [5.74, 6) is 0.157. The van der Waals surface area contributed by atoms with Crippen molar-refractivity contribution in [3.8, 4) is 5.75 Å². The van der Waals surface area contributed by atoms with Crippen LogP contribution in [0, 0.1) is 0 Å². The lowest BCUT2D eigenvalue weighted by atomic mass is 10.3. The predicted molar refractivity (Wildman–Crippen MR) is 84.2 cm³/mol. The number of benzene rings is 2. The summed E-state index contributed by atoms with van der Waals surface area (Å²) in [6.45, 7) is 2.32. The van der Waals surface area contributed by atoms with Crippen LogP contribution in [0.3, 0.4) is 0 Å². The van der Waals surface area contributed by atoms with Gasteiger partial charge in [0.25, 0.3) is 0 Å². The molecule has 0 aliphatic rings. The van der Waals surface area contributed by atoms with Crippen LogP contribution in [-0.2, 0) is 10.0 Å². The Bertz CT molecular complexity index is 714. The van der Waals surface area contributed by atoms with Gasteiger partial charge < -0.3 is 5.11 Å². The molecule has 112 valence electrons. The molecule has 0 bridgehead atoms. The quantitative estimate of drug-likeness (QED) is 0.856. The van der Waals surface area contributed by atoms with Crippen LogP contribution in [0.15, 0.2) is 63.2 Å². The van der Waals surface area contributed by atoms with E-state index in [4.69, 9.17) is 0 Å². The summed E-state index contributed by atoms with van der Waals surface area (Å²) in [6, 6.07) is 13.6. The molecule has 0 aromatic heterocycles. The van der Waals surface area contributed by atoms with Crippen molar-refractivity contribution in [2.45, 2.75) is 28.0 Å². The van der Waals surface area contributed by atoms with Gasteiger partial charge in [-0.05, 0) is 36.8 Å². The SMILES string of the molecule is CCCNS(=O)(=O)c1ccccc1Sc1cccc(O)c1. The summed E-state index contributed by atoms with van der Waals surface area (Å²) < 4.78 is 27.2. The van der Waals surface area contributed by atoms with Gasteiger partial charge >= 0.3 is 0 Å². The molecule has 0 spiro atoms. The van der Waals surface area contributed by atoms with Gasteiger partial charge in [-0.1, -0.05) is 36.9 Å². The Hall–Kier alpha value is -1.50. The Balaban J connectivity index is 2.33. The first-order valence-electron chi connectivity index (χ1n) is 6.58. The van der Waals surface area contributed by atoms with Crippen LogP contribution < -0.4 is 4.72 Å². The van der Waals surface area contributed by atoms with Gasteiger partial charge in [-0.25, -0.2) is 13.1 Å². The van der Waals surface area contributed by atoms with E-state index < -0.39 is 10.0 Å². The summed E-state index contributed by atoms with van der Waals surface area (Å²) in [4.78, 5) is 1.67. The molecular weight excluding hydrogens is 306 g/mol. The predicted octanol–water partition coefficient (Wildman–Crippen LogP) is 3.23. The highest BCUT2D eigenvalue weighted by Gasteiger charge is 2.18. The molecule has 0 atom stereocenters. The highest BCUT2D eigenvalue weighted by atomic mass is 32.2. The lowest BCUT2D eigenvalue weighted by molar-refractivity contribution is 0.474. The van der Waals surface area contributed by atoms with Gasteiger partial charge in [0.2, 0.25) is 10.0 Å². The molecule has 0 saturated carbocycles. The molecule has 0 aliphatic heterocycles. The summed E-state index contributed by atoms with van der Waals surface area (Å²) in [5.41, 5.74) is 0. The Morgan fingerprint density at radius 2 is 1.90 bits per heavy atom. The molecule has 2 N–H and O–H groups in total. The van der Waals surface area contributed by atoms with Crippen LogP contribution in [-0.4, -0.2) is 20.1 Å². The topological polar surface area (TPSA) is 66.4 Å². The van der Waals surface area contributed by atoms with Crippen molar-refractivity contribution in [3.63, 3.8) is 0 Å². The first-order chi connectivity index (χ1) is 10.0. The molecule has 6 heteroatoms. The molecule has 2 aromatic carbocycles. The van der Waals surface area contributed by atoms with Gasteiger partial charge in [0, 0.05) is 16.3 Å². The average Bonchev–Trinajstić information content (AvgIpc) is 2.46. The number of hydrogen-bond donors (Lipinski definition) is 2. The van der Waals surface area contributed by atoms with Gasteiger partial charge in [0.15, 0.2) is 0 Å². The molecule has 0 saturated heterocycles. The minimum Gasteiger partial charge on any atom is -0.508 e. The van der Waals surface area contributed by atoms with Gasteiger partial charge in [-0.15, -0.1) is 0 Å². The van der Waals surface area contributed by atoms with Gasteiger partial charge in [0.05, 0.1) is 4.90 Å². The highest BCUT2D eigenvalue weighted by Crippen LogP contribution is 2.33. The first kappa shape index (κ1) is 15.9. The second-order valence-electron chi connectivity index (χ2n) is 4.44. The third-order valence-electron chi connectivity index (χ3n) is 2.73. The fourth-order valence-corrected chi connectivity index (χ4v) is 4.31. The van der Waals surface area contributed by atoms with Crippen molar-refractivity contribution in [1.29, 1.82) is 0 Å². The van der Waals surface area contributed by atoms with Crippen LogP contribution in [0.2, 0.25) is 0 Å². The van der Waals surface area contributed by atoms with Gasteiger partial charge in [0.1, 0.15) is 5.75 Å². The Labute approximate surface area is 129 Å². The molecule has 0 amide bonds. The number of sulfonamides is 1. The highest BCUT2D eigenvalue weighted by molar-refractivity contribution is 8.00. The third kappa shape index (κ3) is 4.23. The minimum absolute atomic E-state index is 0.157. The molecule has 2 rings (SSSR count). The standard InChI is InChI=1S/C15H17NO3S2/c1-2-10-16-21(18,19)15-9-4-3-8-14(15)20-13-7-5-6-12(17)11-13/h3-9,11,16-17H,2,10H2,1H3. The zero-order valence-electron chi connectivity index (χ0n) is 11.6. The van der Waals surface area contributed by atoms with Gasteiger partial charge in [-0.2, -0.15) is 0 Å². The van der Waals surface area contributed by atoms with E-state index in [9.17, 15) is 13.5 Å². The molecule has 0 radical (unpaired) electrons. The zero-order chi connectivity index (χ0) is 15.3. The Morgan fingerprint density at radius 3 is 2.62 bits per heavy atom. The molecule has 0 fully saturated rings. The Kier molecular flexibility index (Phi) is 5.27. The van der Waals surface area contributed by atoms with Crippen LogP contribution in [0.5, 0.6) is 5.75 Å². The third-order valence-corrected chi connectivity index (χ3v) is 5.44. The summed E-state index contributed by atoms with van der Waals surface area (Å²) in [5, 5.41) is 9.49. The lowest BCUT2D eigenvalue weighted by Crippen LogP contribution is -2.24. The number of phenolic OH excluding ortho intramolecular Hbond substituents is 1. The zero-order valence-corrected chi connectivity index (χ0v) is 13.2. The maximum Gasteiger partial charge on any atom is 0.241 e. The number of rotatable bonds is 6. The number of aromatic hydroxyl groups is 1. The summed E-state index contributed by atoms with van der Waals surface area (Å²) in [6.07, 6.45) is 0.737. The summed E-state index contributed by atoms with van der Waals surface area (Å²) >= 11 is 1.31. The van der Waals surface area contributed by atoms with E-state index in [-0.39, 0.29) is 10.6 Å². The van der Waals surface area contributed by atoms with Crippen LogP contribution in [0.4, 0.5) is 0 Å². The van der Waals surface area contributed by atoms with E-state index in [0.717, 1.165) is 11.3 Å². The van der Waals surface area contributed by atoms with E-state index in [1.807, 2.05) is 13.0 Å². The largest absolute Gasteiger partial charge is 0.508 e. The average molecular weight is 323 g/mol. The maximum atomic E-state index is 12.3. The molecule has 0 aliphatic carbocycles. The van der Waals surface area contributed by atoms with Crippen molar-refractivity contribution in [2.24, 2.45) is 0 Å². The normalized spacial score (nSPS) is 11.5. The second kappa shape index (κ2) is 6.98. The number of hydrogen-bond acceptors (Lipinski definition) is 4. The van der Waals surface area contributed by atoms with Crippen LogP contribution in [0.25, 0.3) is 0 Å². The van der Waals surface area contributed by atoms with E-state index >= 15 is 0 Å². The van der Waals surface area contributed by atoms with Crippen LogP contribution in [0.1, 0.15) is 13.3 Å². The van der Waals surface area contributed by atoms with Crippen molar-refractivity contribution < 1.29 is 13.5 Å². The van der Waals surface area contributed by atoms with E-state index in [0.29, 0.717) is 11.4 Å². The second-order valence-corrected chi connectivity index (χ2v) is 7.29. The minimum atomic E-state index is -3.52. The van der Waals surface area contributed by atoms with Crippen LogP contribution >= 0.6 is 11.8 Å². The lowest BCUT2D eigenvalue weighted by Gasteiger charge is -2.10. The fourth-order valence-electron chi connectivity index (χ4n) is 1.74. The van der Waals surface area contributed by atoms with Gasteiger partial charge in [-0.3, -0.25) is 0 Å². The monoisotopic (exact) mass is 323 g/mol. The van der Waals surface area contributed by atoms with Crippen molar-refractivity contribution in [2.75, 3.05) is 6.54 Å². The summed E-state index contributed by atoms with van der Waals surface area (Å²) in [7, 11) is -3.52. The maximum absolute atomic E-state index is 12.3. The van der Waals surface area contributed by atoms with Crippen molar-refractivity contribution in [3.05, 3.63) is 48.5 Å². The molecule has 0 heterocycles. The number of phenols is 1. The fraction of sp³-hybridized carbons (Fsp3) is 0.200. The van der Waals surface area contributed by atoms with Crippen molar-refractivity contribution in [1.82, 2.24) is 4.72 Å². The first-order valence-corrected chi connectivity index (χ1v) is 8.88. The molecule has 21 heavy (non-hydrogen) atoms.